The molecule has 0 aliphatic carbocycles. The van der Waals surface area contributed by atoms with Crippen LogP contribution in [0.4, 0.5) is 21.4 Å². The number of aromatic nitrogens is 3. The van der Waals surface area contributed by atoms with E-state index in [1.807, 2.05) is 11.4 Å². The molecule has 0 aliphatic rings. The van der Waals surface area contributed by atoms with Crippen molar-refractivity contribution in [1.29, 1.82) is 0 Å². The maximum Gasteiger partial charge on any atom is 0.325 e. The normalized spacial score (nSPS) is 11.9. The summed E-state index contributed by atoms with van der Waals surface area (Å²) >= 11 is 3.04. The Hall–Kier alpha value is -3.08. The number of benzene rings is 1. The standard InChI is InChI=1S/C20H20N6O2S2/c1-12(27)13-3-2-4-14(9-13)25-19(28)26-20-22-10-15(30-20)5-7-21-18-17-16(6-8-29-17)23-11-24-18/h2-4,6,8-12,27H,5,7H2,1H3,(H,21,23,24)(H2,22,25,26,28). The van der Waals surface area contributed by atoms with Crippen LogP contribution >= 0.6 is 22.7 Å². The summed E-state index contributed by atoms with van der Waals surface area (Å²) in [6.45, 7) is 2.38. The van der Waals surface area contributed by atoms with Crippen LogP contribution in [-0.4, -0.2) is 32.6 Å². The van der Waals surface area contributed by atoms with Crippen molar-refractivity contribution < 1.29 is 9.90 Å². The van der Waals surface area contributed by atoms with E-state index < -0.39 is 6.10 Å². The second kappa shape index (κ2) is 9.16. The number of aliphatic hydroxyl groups is 1. The van der Waals surface area contributed by atoms with Gasteiger partial charge in [-0.15, -0.1) is 22.7 Å². The van der Waals surface area contributed by atoms with E-state index in [9.17, 15) is 9.90 Å². The van der Waals surface area contributed by atoms with E-state index >= 15 is 0 Å². The van der Waals surface area contributed by atoms with Gasteiger partial charge in [0, 0.05) is 29.7 Å². The van der Waals surface area contributed by atoms with E-state index in [-0.39, 0.29) is 6.03 Å². The smallest absolute Gasteiger partial charge is 0.325 e. The van der Waals surface area contributed by atoms with Crippen molar-refractivity contribution >= 4 is 55.6 Å². The number of thiophene rings is 1. The highest BCUT2D eigenvalue weighted by atomic mass is 32.1. The van der Waals surface area contributed by atoms with Crippen molar-refractivity contribution in [2.45, 2.75) is 19.4 Å². The molecule has 0 radical (unpaired) electrons. The Labute approximate surface area is 181 Å². The van der Waals surface area contributed by atoms with Crippen LogP contribution in [0.1, 0.15) is 23.5 Å². The predicted octanol–water partition coefficient (Wildman–Crippen LogP) is 4.50. The quantitative estimate of drug-likeness (QED) is 0.337. The molecular formula is C20H20N6O2S2. The molecule has 0 fully saturated rings. The number of urea groups is 1. The summed E-state index contributed by atoms with van der Waals surface area (Å²) in [4.78, 5) is 26.1. The summed E-state index contributed by atoms with van der Waals surface area (Å²) in [5.74, 6) is 0.830. The van der Waals surface area contributed by atoms with Gasteiger partial charge in [-0.3, -0.25) is 5.32 Å². The number of rotatable bonds is 7. The van der Waals surface area contributed by atoms with Gasteiger partial charge in [0.05, 0.1) is 16.3 Å². The van der Waals surface area contributed by atoms with Crippen molar-refractivity contribution in [3.63, 3.8) is 0 Å². The molecule has 0 aliphatic heterocycles. The number of thiazole rings is 1. The molecule has 4 rings (SSSR count). The number of carbonyl (C=O) groups excluding carboxylic acids is 1. The molecule has 3 heterocycles. The highest BCUT2D eigenvalue weighted by Gasteiger charge is 2.09. The second-order valence-corrected chi connectivity index (χ2v) is 8.58. The molecule has 0 saturated carbocycles. The van der Waals surface area contributed by atoms with Crippen molar-refractivity contribution in [3.05, 3.63) is 58.7 Å². The maximum atomic E-state index is 12.2. The Morgan fingerprint density at radius 1 is 1.20 bits per heavy atom. The van der Waals surface area contributed by atoms with Gasteiger partial charge in [-0.05, 0) is 36.1 Å². The third-order valence-electron chi connectivity index (χ3n) is 4.31. The topological polar surface area (TPSA) is 112 Å². The number of nitrogens with zero attached hydrogens (tertiary/aromatic N) is 3. The van der Waals surface area contributed by atoms with E-state index in [1.165, 1.54) is 11.3 Å². The summed E-state index contributed by atoms with van der Waals surface area (Å²) in [5.41, 5.74) is 2.28. The van der Waals surface area contributed by atoms with Crippen LogP contribution in [0.2, 0.25) is 0 Å². The largest absolute Gasteiger partial charge is 0.389 e. The maximum absolute atomic E-state index is 12.2. The fraction of sp³-hybridized carbons (Fsp3) is 0.200. The Morgan fingerprint density at radius 3 is 2.97 bits per heavy atom. The summed E-state index contributed by atoms with van der Waals surface area (Å²) in [5, 5.41) is 21.0. The van der Waals surface area contributed by atoms with Crippen molar-refractivity contribution in [2.24, 2.45) is 0 Å². The van der Waals surface area contributed by atoms with Crippen LogP contribution in [-0.2, 0) is 6.42 Å². The molecular weight excluding hydrogens is 420 g/mol. The predicted molar refractivity (Wildman–Crippen MR) is 121 cm³/mol. The molecule has 8 nitrogen and oxygen atoms in total. The van der Waals surface area contributed by atoms with E-state index in [1.54, 1.807) is 55.1 Å². The molecule has 0 saturated heterocycles. The van der Waals surface area contributed by atoms with Gasteiger partial charge in [0.15, 0.2) is 5.13 Å². The van der Waals surface area contributed by atoms with Crippen molar-refractivity contribution in [1.82, 2.24) is 15.0 Å². The zero-order valence-corrected chi connectivity index (χ0v) is 17.8. The minimum atomic E-state index is -0.594. The molecule has 4 aromatic rings. The zero-order valence-electron chi connectivity index (χ0n) is 16.1. The van der Waals surface area contributed by atoms with Crippen molar-refractivity contribution in [2.75, 3.05) is 22.5 Å². The average Bonchev–Trinajstić information content (AvgIpc) is 3.38. The van der Waals surface area contributed by atoms with E-state index in [4.69, 9.17) is 0 Å². The lowest BCUT2D eigenvalue weighted by atomic mass is 10.1. The van der Waals surface area contributed by atoms with E-state index in [2.05, 4.69) is 30.9 Å². The van der Waals surface area contributed by atoms with Gasteiger partial charge in [-0.1, -0.05) is 12.1 Å². The first-order valence-electron chi connectivity index (χ1n) is 9.31. The molecule has 1 unspecified atom stereocenters. The molecule has 10 heteroatoms. The number of amides is 2. The monoisotopic (exact) mass is 440 g/mol. The Morgan fingerprint density at radius 2 is 2.10 bits per heavy atom. The number of nitrogens with one attached hydrogen (secondary N) is 3. The first-order valence-corrected chi connectivity index (χ1v) is 11.0. The second-order valence-electron chi connectivity index (χ2n) is 6.55. The van der Waals surface area contributed by atoms with Crippen molar-refractivity contribution in [3.8, 4) is 0 Å². The molecule has 0 bridgehead atoms. The highest BCUT2D eigenvalue weighted by molar-refractivity contribution is 7.17. The zero-order chi connectivity index (χ0) is 20.9. The molecule has 30 heavy (non-hydrogen) atoms. The minimum absolute atomic E-state index is 0.377. The van der Waals surface area contributed by atoms with Crippen LogP contribution in [0.25, 0.3) is 10.2 Å². The van der Waals surface area contributed by atoms with Crippen LogP contribution in [0.15, 0.2) is 48.2 Å². The summed E-state index contributed by atoms with van der Waals surface area (Å²) in [6.07, 6.45) is 3.48. The minimum Gasteiger partial charge on any atom is -0.389 e. The SMILES string of the molecule is CC(O)c1cccc(NC(=O)Nc2ncc(CCNc3ncnc4ccsc34)s2)c1. The third-order valence-corrected chi connectivity index (χ3v) is 6.19. The molecule has 4 N–H and O–H groups in total. The van der Waals surface area contributed by atoms with E-state index in [0.29, 0.717) is 17.4 Å². The van der Waals surface area contributed by atoms with Gasteiger partial charge in [0.25, 0.3) is 0 Å². The van der Waals surface area contributed by atoms with E-state index in [0.717, 1.165) is 32.9 Å². The number of hydrogen-bond donors (Lipinski definition) is 4. The average molecular weight is 441 g/mol. The van der Waals surface area contributed by atoms with Gasteiger partial charge >= 0.3 is 6.03 Å². The fourth-order valence-electron chi connectivity index (χ4n) is 2.84. The van der Waals surface area contributed by atoms with Gasteiger partial charge in [-0.2, -0.15) is 0 Å². The van der Waals surface area contributed by atoms with Gasteiger partial charge in [0.1, 0.15) is 12.1 Å². The first kappa shape index (κ1) is 20.2. The van der Waals surface area contributed by atoms with Crippen LogP contribution in [0.5, 0.6) is 0 Å². The first-order chi connectivity index (χ1) is 14.6. The Bertz CT molecular complexity index is 1160. The molecule has 0 spiro atoms. The lowest BCUT2D eigenvalue weighted by molar-refractivity contribution is 0.199. The van der Waals surface area contributed by atoms with Gasteiger partial charge in [-0.25, -0.2) is 19.7 Å². The lowest BCUT2D eigenvalue weighted by Gasteiger charge is -2.09. The fourth-order valence-corrected chi connectivity index (χ4v) is 4.45. The molecule has 3 aromatic heterocycles. The lowest BCUT2D eigenvalue weighted by Crippen LogP contribution is -2.19. The third kappa shape index (κ3) is 4.90. The summed E-state index contributed by atoms with van der Waals surface area (Å²) < 4.78 is 1.04. The summed E-state index contributed by atoms with van der Waals surface area (Å²) in [6, 6.07) is 8.69. The summed E-state index contributed by atoms with van der Waals surface area (Å²) in [7, 11) is 0. The number of carbonyl (C=O) groups is 1. The van der Waals surface area contributed by atoms with Gasteiger partial charge < -0.3 is 15.7 Å². The van der Waals surface area contributed by atoms with Gasteiger partial charge in [0.2, 0.25) is 0 Å². The number of anilines is 3. The molecule has 1 aromatic carbocycles. The Kier molecular flexibility index (Phi) is 6.17. The molecule has 154 valence electrons. The number of hydrogen-bond acceptors (Lipinski definition) is 8. The van der Waals surface area contributed by atoms with Crippen LogP contribution in [0.3, 0.4) is 0 Å². The number of fused-ring (bicyclic) bond motifs is 1. The highest BCUT2D eigenvalue weighted by Crippen LogP contribution is 2.25. The number of aliphatic hydroxyl groups excluding tert-OH is 1. The van der Waals surface area contributed by atoms with Crippen LogP contribution < -0.4 is 16.0 Å². The molecule has 2 amide bonds. The molecule has 1 atom stereocenters. The van der Waals surface area contributed by atoms with Crippen LogP contribution in [0, 0.1) is 0 Å². The Balaban J connectivity index is 1.29.